The number of amides is 1. The molecule has 4 nitrogen and oxygen atoms in total. The second kappa shape index (κ2) is 8.73. The van der Waals surface area contributed by atoms with Crippen molar-refractivity contribution in [1.82, 2.24) is 0 Å². The quantitative estimate of drug-likeness (QED) is 0.443. The van der Waals surface area contributed by atoms with Crippen molar-refractivity contribution in [3.8, 4) is 5.75 Å². The molecule has 1 aliphatic carbocycles. The third kappa shape index (κ3) is 4.52. The molecule has 1 heterocycles. The maximum absolute atomic E-state index is 12.9. The monoisotopic (exact) mass is 443 g/mol. The minimum Gasteiger partial charge on any atom is -0.493 e. The number of ether oxygens (including phenoxy) is 1. The highest BCUT2D eigenvalue weighted by molar-refractivity contribution is 6.04. The Morgan fingerprint density at radius 2 is 1.97 bits per heavy atom. The number of fused-ring (bicyclic) bond motifs is 3. The van der Waals surface area contributed by atoms with Crippen molar-refractivity contribution in [2.24, 2.45) is 0 Å². The summed E-state index contributed by atoms with van der Waals surface area (Å²) in [5, 5.41) is 3.53. The van der Waals surface area contributed by atoms with Crippen molar-refractivity contribution >= 4 is 28.1 Å². The van der Waals surface area contributed by atoms with E-state index in [1.54, 1.807) is 6.92 Å². The molecule has 0 fully saturated rings. The number of allylic oxidation sites excluding steroid dienone is 1. The summed E-state index contributed by atoms with van der Waals surface area (Å²) < 4.78 is 50.6. The van der Waals surface area contributed by atoms with E-state index in [-0.39, 0.29) is 5.69 Å². The molecule has 0 unspecified atom stereocenters. The molecule has 1 N–H and O–H groups in total. The lowest BCUT2D eigenvalue weighted by Crippen LogP contribution is -2.11. The van der Waals surface area contributed by atoms with E-state index in [2.05, 4.69) is 5.32 Å². The summed E-state index contributed by atoms with van der Waals surface area (Å²) in [6, 6.07) is 8.40. The Hall–Kier alpha value is -3.22. The minimum atomic E-state index is -4.47. The van der Waals surface area contributed by atoms with Gasteiger partial charge in [0.25, 0.3) is 0 Å². The van der Waals surface area contributed by atoms with Gasteiger partial charge in [-0.15, -0.1) is 0 Å². The van der Waals surface area contributed by atoms with Gasteiger partial charge in [0.1, 0.15) is 17.1 Å². The van der Waals surface area contributed by atoms with Gasteiger partial charge >= 0.3 is 6.18 Å². The van der Waals surface area contributed by atoms with Gasteiger partial charge in [0.05, 0.1) is 12.2 Å². The lowest BCUT2D eigenvalue weighted by Gasteiger charge is -2.12. The zero-order chi connectivity index (χ0) is 22.9. The maximum atomic E-state index is 12.9. The van der Waals surface area contributed by atoms with E-state index in [9.17, 15) is 18.0 Å². The summed E-state index contributed by atoms with van der Waals surface area (Å²) >= 11 is 0. The van der Waals surface area contributed by atoms with Crippen LogP contribution in [0.5, 0.6) is 5.75 Å². The van der Waals surface area contributed by atoms with Gasteiger partial charge in [0.15, 0.2) is 0 Å². The molecule has 0 aliphatic heterocycles. The second-order valence-electron chi connectivity index (χ2n) is 7.88. The van der Waals surface area contributed by atoms with Gasteiger partial charge in [-0.3, -0.25) is 4.79 Å². The number of hydrogen-bond donors (Lipinski definition) is 1. The Morgan fingerprint density at radius 3 is 2.72 bits per heavy atom. The molecule has 1 aliphatic rings. The lowest BCUT2D eigenvalue weighted by atomic mass is 9.94. The van der Waals surface area contributed by atoms with Crippen LogP contribution in [0.15, 0.2) is 46.9 Å². The lowest BCUT2D eigenvalue weighted by molar-refractivity contribution is -0.137. The molecule has 7 heteroatoms. The minimum absolute atomic E-state index is 0.0817. The van der Waals surface area contributed by atoms with Crippen LogP contribution in [0.25, 0.3) is 16.5 Å². The molecule has 168 valence electrons. The summed E-state index contributed by atoms with van der Waals surface area (Å²) in [6.07, 6.45) is 0.978. The number of rotatable bonds is 5. The highest BCUT2D eigenvalue weighted by Gasteiger charge is 2.30. The topological polar surface area (TPSA) is 51.5 Å². The van der Waals surface area contributed by atoms with E-state index in [1.807, 2.05) is 19.1 Å². The van der Waals surface area contributed by atoms with Crippen LogP contribution in [-0.2, 0) is 23.8 Å². The molecule has 0 bridgehead atoms. The second-order valence-corrected chi connectivity index (χ2v) is 7.88. The van der Waals surface area contributed by atoms with Crippen molar-refractivity contribution in [3.63, 3.8) is 0 Å². The molecule has 1 aromatic heterocycles. The summed E-state index contributed by atoms with van der Waals surface area (Å²) in [5.41, 5.74) is 2.64. The number of nitrogens with one attached hydrogen (secondary N) is 1. The zero-order valence-electron chi connectivity index (χ0n) is 17.9. The predicted octanol–water partition coefficient (Wildman–Crippen LogP) is 6.77. The van der Waals surface area contributed by atoms with Gasteiger partial charge in [-0.1, -0.05) is 6.07 Å². The van der Waals surface area contributed by atoms with Crippen LogP contribution in [0, 0.1) is 0 Å². The Labute approximate surface area is 184 Å². The SMILES string of the molecule is CCOc1cc2oc3c(c2cc1/C(C)=C/C(=O)Nc1cccc(C(F)(F)F)c1)CCCC3. The number of carbonyl (C=O) groups is 1. The van der Waals surface area contributed by atoms with Crippen molar-refractivity contribution in [1.29, 1.82) is 0 Å². The van der Waals surface area contributed by atoms with E-state index < -0.39 is 17.6 Å². The van der Waals surface area contributed by atoms with E-state index in [0.29, 0.717) is 17.9 Å². The first-order chi connectivity index (χ1) is 15.3. The first-order valence-electron chi connectivity index (χ1n) is 10.6. The fourth-order valence-electron chi connectivity index (χ4n) is 4.10. The molecule has 0 saturated carbocycles. The third-order valence-electron chi connectivity index (χ3n) is 5.59. The third-order valence-corrected chi connectivity index (χ3v) is 5.59. The maximum Gasteiger partial charge on any atom is 0.416 e. The number of alkyl halides is 3. The molecule has 0 atom stereocenters. The Bertz CT molecular complexity index is 1190. The van der Waals surface area contributed by atoms with Gasteiger partial charge in [-0.05, 0) is 62.9 Å². The van der Waals surface area contributed by atoms with Crippen LogP contribution in [0.2, 0.25) is 0 Å². The zero-order valence-corrected chi connectivity index (χ0v) is 17.9. The van der Waals surface area contributed by atoms with Crippen LogP contribution in [-0.4, -0.2) is 12.5 Å². The van der Waals surface area contributed by atoms with Crippen molar-refractivity contribution in [2.45, 2.75) is 45.7 Å². The average Bonchev–Trinajstić information content (AvgIpc) is 3.10. The fourth-order valence-corrected chi connectivity index (χ4v) is 4.10. The van der Waals surface area contributed by atoms with Crippen LogP contribution in [0.1, 0.15) is 49.1 Å². The molecule has 0 radical (unpaired) electrons. The summed E-state index contributed by atoms with van der Waals surface area (Å²) in [7, 11) is 0. The molecule has 3 aromatic rings. The van der Waals surface area contributed by atoms with Gasteiger partial charge in [0, 0.05) is 40.8 Å². The molecule has 2 aromatic carbocycles. The van der Waals surface area contributed by atoms with Crippen LogP contribution in [0.4, 0.5) is 18.9 Å². The Kier molecular flexibility index (Phi) is 6.00. The smallest absolute Gasteiger partial charge is 0.416 e. The van der Waals surface area contributed by atoms with Crippen molar-refractivity contribution < 1.29 is 27.1 Å². The molecule has 4 rings (SSSR count). The van der Waals surface area contributed by atoms with Gasteiger partial charge in [-0.2, -0.15) is 13.2 Å². The number of furan rings is 1. The van der Waals surface area contributed by atoms with E-state index in [4.69, 9.17) is 9.15 Å². The standard InChI is InChI=1S/C25H24F3NO3/c1-3-31-22-14-23-20(18-9-4-5-10-21(18)32-23)13-19(22)15(2)11-24(30)29-17-8-6-7-16(12-17)25(26,27)28/h6-8,11-14H,3-5,9-10H2,1-2H3,(H,29,30)/b15-11+. The van der Waals surface area contributed by atoms with Gasteiger partial charge in [0.2, 0.25) is 5.91 Å². The largest absolute Gasteiger partial charge is 0.493 e. The molecule has 0 spiro atoms. The van der Waals surface area contributed by atoms with Crippen molar-refractivity contribution in [2.75, 3.05) is 11.9 Å². The first-order valence-corrected chi connectivity index (χ1v) is 10.6. The first kappa shape index (κ1) is 22.0. The molecular weight excluding hydrogens is 419 g/mol. The van der Waals surface area contributed by atoms with E-state index >= 15 is 0 Å². The van der Waals surface area contributed by atoms with Gasteiger partial charge < -0.3 is 14.5 Å². The van der Waals surface area contributed by atoms with Gasteiger partial charge in [-0.25, -0.2) is 0 Å². The highest BCUT2D eigenvalue weighted by atomic mass is 19.4. The highest BCUT2D eigenvalue weighted by Crippen LogP contribution is 2.38. The fraction of sp³-hybridized carbons (Fsp3) is 0.320. The normalized spacial score (nSPS) is 14.3. The summed E-state index contributed by atoms with van der Waals surface area (Å²) in [5.74, 6) is 1.10. The van der Waals surface area contributed by atoms with Crippen LogP contribution < -0.4 is 10.1 Å². The summed E-state index contributed by atoms with van der Waals surface area (Å²) in [6.45, 7) is 4.10. The Balaban J connectivity index is 1.65. The van der Waals surface area contributed by atoms with E-state index in [1.165, 1.54) is 23.8 Å². The van der Waals surface area contributed by atoms with E-state index in [0.717, 1.165) is 60.1 Å². The average molecular weight is 443 g/mol. The predicted molar refractivity (Wildman–Crippen MR) is 118 cm³/mol. The number of halogens is 3. The molecule has 0 saturated heterocycles. The number of anilines is 1. The molecule has 1 amide bonds. The van der Waals surface area contributed by atoms with Crippen LogP contribution in [0.3, 0.4) is 0 Å². The Morgan fingerprint density at radius 1 is 1.19 bits per heavy atom. The number of carbonyl (C=O) groups excluding carboxylic acids is 1. The molecule has 32 heavy (non-hydrogen) atoms. The number of benzene rings is 2. The van der Waals surface area contributed by atoms with Crippen LogP contribution >= 0.6 is 0 Å². The van der Waals surface area contributed by atoms with Crippen molar-refractivity contribution in [3.05, 3.63) is 64.9 Å². The summed E-state index contributed by atoms with van der Waals surface area (Å²) in [4.78, 5) is 12.5. The number of hydrogen-bond acceptors (Lipinski definition) is 3. The molecular formula is C25H24F3NO3. The number of aryl methyl sites for hydroxylation is 2.